The Bertz CT molecular complexity index is 3960. The van der Waals surface area contributed by atoms with E-state index in [1.165, 1.54) is 86.9 Å². The predicted molar refractivity (Wildman–Crippen MR) is 285 cm³/mol. The van der Waals surface area contributed by atoms with Crippen molar-refractivity contribution in [1.29, 1.82) is 0 Å². The standard InChI is InChI=1S/C65H42N2S/c1-3-19-43(20-4-1)48-25-8-13-33-58(48)66(47-37-39-52-51-28-10-15-35-60(51)67(61(52)42-47)59-34-14-9-26-49(59)44-21-5-2-6-22-44)46-38-40-63-57(41-46)65(55-31-12-16-36-62(55)68-63)54-30-11-7-27-50(54)53-29-17-23-45-24-18-32-56(65)64(45)53/h1-42H. The number of hydrogen-bond donors (Lipinski definition) is 0. The van der Waals surface area contributed by atoms with E-state index in [0.717, 1.165) is 33.8 Å². The van der Waals surface area contributed by atoms with E-state index in [-0.39, 0.29) is 0 Å². The maximum absolute atomic E-state index is 2.52. The number of aromatic nitrogens is 1. The second-order valence-electron chi connectivity index (χ2n) is 17.9. The van der Waals surface area contributed by atoms with Gasteiger partial charge in [0.05, 0.1) is 27.8 Å². The summed E-state index contributed by atoms with van der Waals surface area (Å²) in [6, 6.07) is 94.6. The van der Waals surface area contributed by atoms with E-state index >= 15 is 0 Å². The van der Waals surface area contributed by atoms with Crippen molar-refractivity contribution in [2.45, 2.75) is 15.2 Å². The first-order valence-corrected chi connectivity index (χ1v) is 24.2. The van der Waals surface area contributed by atoms with Gasteiger partial charge in [0, 0.05) is 43.1 Å². The van der Waals surface area contributed by atoms with Crippen molar-refractivity contribution in [2.24, 2.45) is 0 Å². The van der Waals surface area contributed by atoms with Crippen LogP contribution in [0.1, 0.15) is 22.3 Å². The summed E-state index contributed by atoms with van der Waals surface area (Å²) in [5.74, 6) is 0. The van der Waals surface area contributed by atoms with Crippen LogP contribution >= 0.6 is 11.8 Å². The zero-order chi connectivity index (χ0) is 44.8. The summed E-state index contributed by atoms with van der Waals surface area (Å²) >= 11 is 1.89. The SMILES string of the molecule is c1ccc(-c2ccccc2N(c2ccc3c(c2)C2(c4ccccc4S3)c3ccccc3-c3cccc4cccc2c34)c2ccc3c4ccccc4n(-c4ccccc4-c4ccccc4)c3c2)cc1. The molecule has 0 fully saturated rings. The molecule has 1 aliphatic heterocycles. The van der Waals surface area contributed by atoms with Crippen molar-refractivity contribution in [3.63, 3.8) is 0 Å². The molecule has 0 bridgehead atoms. The molecule has 1 unspecified atom stereocenters. The van der Waals surface area contributed by atoms with Gasteiger partial charge in [0.1, 0.15) is 0 Å². The Balaban J connectivity index is 1.07. The summed E-state index contributed by atoms with van der Waals surface area (Å²) < 4.78 is 2.48. The van der Waals surface area contributed by atoms with Crippen LogP contribution in [-0.4, -0.2) is 4.57 Å². The molecule has 3 heteroatoms. The fourth-order valence-electron chi connectivity index (χ4n) is 11.7. The highest BCUT2D eigenvalue weighted by atomic mass is 32.2. The van der Waals surface area contributed by atoms with E-state index in [1.54, 1.807) is 0 Å². The van der Waals surface area contributed by atoms with Crippen LogP contribution in [0.15, 0.2) is 265 Å². The number of para-hydroxylation sites is 3. The smallest absolute Gasteiger partial charge is 0.0736 e. The predicted octanol–water partition coefficient (Wildman–Crippen LogP) is 17.6. The monoisotopic (exact) mass is 882 g/mol. The van der Waals surface area contributed by atoms with Gasteiger partial charge in [0.25, 0.3) is 0 Å². The van der Waals surface area contributed by atoms with Gasteiger partial charge in [-0.2, -0.15) is 0 Å². The third-order valence-electron chi connectivity index (χ3n) is 14.4. The fourth-order valence-corrected chi connectivity index (χ4v) is 12.8. The first-order chi connectivity index (χ1) is 33.8. The summed E-state index contributed by atoms with van der Waals surface area (Å²) in [5.41, 5.74) is 18.7. The molecule has 2 nitrogen and oxygen atoms in total. The molecule has 68 heavy (non-hydrogen) atoms. The van der Waals surface area contributed by atoms with Crippen molar-refractivity contribution < 1.29 is 0 Å². The number of hydrogen-bond acceptors (Lipinski definition) is 2. The van der Waals surface area contributed by atoms with Crippen LogP contribution in [0.25, 0.3) is 71.6 Å². The lowest BCUT2D eigenvalue weighted by Gasteiger charge is -2.46. The Kier molecular flexibility index (Phi) is 8.77. The van der Waals surface area contributed by atoms with Gasteiger partial charge < -0.3 is 9.47 Å². The second-order valence-corrected chi connectivity index (χ2v) is 19.0. The lowest BCUT2D eigenvalue weighted by Crippen LogP contribution is -2.36. The maximum atomic E-state index is 2.52. The van der Waals surface area contributed by atoms with E-state index < -0.39 is 5.41 Å². The number of fused-ring (bicyclic) bond motifs is 11. The average Bonchev–Trinajstić information content (AvgIpc) is 3.74. The Morgan fingerprint density at radius 1 is 0.353 bits per heavy atom. The van der Waals surface area contributed by atoms with Crippen LogP contribution in [0.4, 0.5) is 17.1 Å². The van der Waals surface area contributed by atoms with Gasteiger partial charge in [0.2, 0.25) is 0 Å². The molecule has 11 aromatic carbocycles. The summed E-state index contributed by atoms with van der Waals surface area (Å²) in [4.78, 5) is 5.07. The van der Waals surface area contributed by atoms with Gasteiger partial charge in [-0.1, -0.05) is 212 Å². The van der Waals surface area contributed by atoms with E-state index in [2.05, 4.69) is 264 Å². The van der Waals surface area contributed by atoms with Gasteiger partial charge in [-0.3, -0.25) is 0 Å². The minimum Gasteiger partial charge on any atom is -0.310 e. The summed E-state index contributed by atoms with van der Waals surface area (Å²) in [7, 11) is 0. The molecule has 0 N–H and O–H groups in total. The van der Waals surface area contributed by atoms with E-state index in [1.807, 2.05) is 11.8 Å². The number of rotatable bonds is 6. The molecular formula is C65H42N2S. The minimum atomic E-state index is -0.584. The first-order valence-electron chi connectivity index (χ1n) is 23.4. The Morgan fingerprint density at radius 3 is 1.76 bits per heavy atom. The summed E-state index contributed by atoms with van der Waals surface area (Å²) in [6.07, 6.45) is 0. The highest BCUT2D eigenvalue weighted by molar-refractivity contribution is 7.99. The van der Waals surface area contributed by atoms with Crippen LogP contribution in [-0.2, 0) is 5.41 Å². The highest BCUT2D eigenvalue weighted by Crippen LogP contribution is 2.62. The average molecular weight is 883 g/mol. The van der Waals surface area contributed by atoms with Crippen molar-refractivity contribution in [3.05, 3.63) is 277 Å². The van der Waals surface area contributed by atoms with Crippen molar-refractivity contribution in [2.75, 3.05) is 4.90 Å². The van der Waals surface area contributed by atoms with Crippen molar-refractivity contribution in [1.82, 2.24) is 4.57 Å². The third kappa shape index (κ3) is 5.66. The van der Waals surface area contributed by atoms with Crippen LogP contribution in [0, 0.1) is 0 Å². The van der Waals surface area contributed by atoms with Crippen molar-refractivity contribution >= 4 is 61.4 Å². The molecule has 1 atom stereocenters. The molecule has 1 aliphatic carbocycles. The molecule has 1 spiro atoms. The quantitative estimate of drug-likeness (QED) is 0.164. The van der Waals surface area contributed by atoms with E-state index in [0.29, 0.717) is 0 Å². The molecule has 2 heterocycles. The zero-order valence-corrected chi connectivity index (χ0v) is 37.9. The molecule has 0 radical (unpaired) electrons. The maximum Gasteiger partial charge on any atom is 0.0736 e. The molecule has 2 aliphatic rings. The van der Waals surface area contributed by atoms with Crippen LogP contribution in [0.3, 0.4) is 0 Å². The fraction of sp³-hybridized carbons (Fsp3) is 0.0154. The first kappa shape index (κ1) is 38.9. The minimum absolute atomic E-state index is 0.584. The van der Waals surface area contributed by atoms with Gasteiger partial charge in [0.15, 0.2) is 0 Å². The Labute approximate surface area is 400 Å². The van der Waals surface area contributed by atoms with Gasteiger partial charge in [-0.15, -0.1) is 0 Å². The largest absolute Gasteiger partial charge is 0.310 e. The molecule has 1 aromatic heterocycles. The Hall–Kier alpha value is -8.37. The normalized spacial score (nSPS) is 14.5. The van der Waals surface area contributed by atoms with Gasteiger partial charge in [-0.05, 0) is 110 Å². The van der Waals surface area contributed by atoms with E-state index in [4.69, 9.17) is 0 Å². The van der Waals surface area contributed by atoms with E-state index in [9.17, 15) is 0 Å². The zero-order valence-electron chi connectivity index (χ0n) is 37.1. The highest BCUT2D eigenvalue weighted by Gasteiger charge is 2.48. The molecule has 0 saturated carbocycles. The second kappa shape index (κ2) is 15.4. The molecule has 12 aromatic rings. The van der Waals surface area contributed by atoms with Crippen molar-refractivity contribution in [3.8, 4) is 39.1 Å². The topological polar surface area (TPSA) is 8.17 Å². The lowest BCUT2D eigenvalue weighted by atomic mass is 9.59. The molecule has 318 valence electrons. The van der Waals surface area contributed by atoms with Crippen LogP contribution < -0.4 is 4.90 Å². The van der Waals surface area contributed by atoms with Gasteiger partial charge in [-0.25, -0.2) is 0 Å². The summed E-state index contributed by atoms with van der Waals surface area (Å²) in [6.45, 7) is 0. The number of benzene rings is 11. The number of anilines is 3. The number of nitrogens with zero attached hydrogens (tertiary/aromatic N) is 2. The van der Waals surface area contributed by atoms with Crippen LogP contribution in [0.2, 0.25) is 0 Å². The summed E-state index contributed by atoms with van der Waals surface area (Å²) in [5, 5.41) is 5.03. The molecule has 0 saturated heterocycles. The molecular weight excluding hydrogens is 841 g/mol. The van der Waals surface area contributed by atoms with Crippen LogP contribution in [0.5, 0.6) is 0 Å². The molecule has 14 rings (SSSR count). The van der Waals surface area contributed by atoms with Gasteiger partial charge >= 0.3 is 0 Å². The lowest BCUT2D eigenvalue weighted by molar-refractivity contribution is 0.707. The Morgan fingerprint density at radius 2 is 0.926 bits per heavy atom. The third-order valence-corrected chi connectivity index (χ3v) is 15.6. The molecule has 0 amide bonds.